The number of phosphoric ester groups is 1. The summed E-state index contributed by atoms with van der Waals surface area (Å²) >= 11 is 0. The van der Waals surface area contributed by atoms with Crippen molar-refractivity contribution in [1.29, 1.82) is 0 Å². The molecular formula is C63H120NO8P. The van der Waals surface area contributed by atoms with E-state index in [-0.39, 0.29) is 38.6 Å². The number of carbonyl (C=O) groups is 2. The van der Waals surface area contributed by atoms with Gasteiger partial charge in [0, 0.05) is 19.4 Å². The molecule has 73 heavy (non-hydrogen) atoms. The minimum atomic E-state index is -4.38. The molecule has 0 bridgehead atoms. The second-order valence-corrected chi connectivity index (χ2v) is 22.7. The van der Waals surface area contributed by atoms with Gasteiger partial charge in [-0.25, -0.2) is 4.57 Å². The lowest BCUT2D eigenvalue weighted by Gasteiger charge is -2.19. The second kappa shape index (κ2) is 59.5. The van der Waals surface area contributed by atoms with Gasteiger partial charge in [-0.15, -0.1) is 0 Å². The number of hydrogen-bond donors (Lipinski definition) is 2. The first-order valence-corrected chi connectivity index (χ1v) is 33.0. The van der Waals surface area contributed by atoms with Crippen LogP contribution in [0.3, 0.4) is 0 Å². The van der Waals surface area contributed by atoms with Crippen molar-refractivity contribution in [3.63, 3.8) is 0 Å². The summed E-state index contributed by atoms with van der Waals surface area (Å²) in [4.78, 5) is 35.2. The summed E-state index contributed by atoms with van der Waals surface area (Å²) < 4.78 is 33.0. The number of carbonyl (C=O) groups excluding carboxylic acids is 2. The Morgan fingerprint density at radius 2 is 0.712 bits per heavy atom. The third kappa shape index (κ3) is 59.3. The maximum absolute atomic E-state index is 12.7. The third-order valence-electron chi connectivity index (χ3n) is 14.0. The molecule has 0 aliphatic heterocycles. The largest absolute Gasteiger partial charge is 0.472 e. The summed E-state index contributed by atoms with van der Waals surface area (Å²) in [5, 5.41) is 0. The molecule has 0 rings (SSSR count). The maximum atomic E-state index is 12.7. The molecule has 0 saturated heterocycles. The van der Waals surface area contributed by atoms with Gasteiger partial charge in [-0.1, -0.05) is 294 Å². The molecular weight excluding hydrogens is 930 g/mol. The van der Waals surface area contributed by atoms with E-state index in [4.69, 9.17) is 24.3 Å². The Kier molecular flexibility index (Phi) is 58.0. The van der Waals surface area contributed by atoms with E-state index in [1.807, 2.05) is 0 Å². The molecule has 9 nitrogen and oxygen atoms in total. The number of ether oxygens (including phenoxy) is 2. The van der Waals surface area contributed by atoms with Crippen LogP contribution in [0.5, 0.6) is 0 Å². The molecule has 0 saturated carbocycles. The molecule has 0 aromatic heterocycles. The van der Waals surface area contributed by atoms with Crippen LogP contribution in [-0.2, 0) is 32.7 Å². The minimum Gasteiger partial charge on any atom is -0.462 e. The molecule has 2 unspecified atom stereocenters. The Morgan fingerprint density at radius 1 is 0.411 bits per heavy atom. The molecule has 0 amide bonds. The van der Waals surface area contributed by atoms with Crippen LogP contribution in [0.4, 0.5) is 0 Å². The first kappa shape index (κ1) is 71.2. The van der Waals surface area contributed by atoms with Crippen LogP contribution in [0.2, 0.25) is 0 Å². The topological polar surface area (TPSA) is 134 Å². The van der Waals surface area contributed by atoms with Crippen molar-refractivity contribution in [2.45, 2.75) is 328 Å². The molecule has 0 fully saturated rings. The van der Waals surface area contributed by atoms with Crippen LogP contribution in [-0.4, -0.2) is 49.3 Å². The van der Waals surface area contributed by atoms with Gasteiger partial charge >= 0.3 is 19.8 Å². The number of unbranched alkanes of at least 4 members (excludes halogenated alkanes) is 41. The number of rotatable bonds is 60. The van der Waals surface area contributed by atoms with Crippen LogP contribution in [0.15, 0.2) is 36.5 Å². The summed E-state index contributed by atoms with van der Waals surface area (Å²) in [6.45, 7) is 3.78. The molecule has 430 valence electrons. The Hall–Kier alpha value is -1.77. The van der Waals surface area contributed by atoms with E-state index in [0.717, 1.165) is 44.9 Å². The van der Waals surface area contributed by atoms with Crippen molar-refractivity contribution in [3.8, 4) is 0 Å². The SMILES string of the molecule is CCCCCCC/C=C\C/C=C\C/C=C\CCCCCCCCCCCCCCCCCCCCCCCCC(=O)OC(COC(=O)CCCCCCCCCCCCCCCCC)COP(=O)(O)OCCN. The van der Waals surface area contributed by atoms with Gasteiger partial charge in [-0.3, -0.25) is 18.6 Å². The van der Waals surface area contributed by atoms with Gasteiger partial charge < -0.3 is 20.1 Å². The monoisotopic (exact) mass is 1050 g/mol. The zero-order valence-corrected chi connectivity index (χ0v) is 49.0. The van der Waals surface area contributed by atoms with Gasteiger partial charge in [0.1, 0.15) is 6.61 Å². The first-order valence-electron chi connectivity index (χ1n) is 31.5. The predicted molar refractivity (Wildman–Crippen MR) is 312 cm³/mol. The molecule has 0 radical (unpaired) electrons. The molecule has 0 spiro atoms. The number of hydrogen-bond acceptors (Lipinski definition) is 8. The molecule has 0 aromatic carbocycles. The van der Waals surface area contributed by atoms with E-state index in [9.17, 15) is 19.0 Å². The molecule has 10 heteroatoms. The fourth-order valence-electron chi connectivity index (χ4n) is 9.35. The lowest BCUT2D eigenvalue weighted by atomic mass is 10.0. The Balaban J connectivity index is 3.78. The van der Waals surface area contributed by atoms with E-state index in [0.29, 0.717) is 6.42 Å². The van der Waals surface area contributed by atoms with E-state index in [1.54, 1.807) is 0 Å². The summed E-state index contributed by atoms with van der Waals surface area (Å²) in [5.41, 5.74) is 5.38. The quantitative estimate of drug-likeness (QED) is 0.0264. The smallest absolute Gasteiger partial charge is 0.462 e. The molecule has 3 N–H and O–H groups in total. The lowest BCUT2D eigenvalue weighted by Crippen LogP contribution is -2.29. The Morgan fingerprint density at radius 3 is 1.05 bits per heavy atom. The highest BCUT2D eigenvalue weighted by atomic mass is 31.2. The van der Waals surface area contributed by atoms with Crippen LogP contribution in [0, 0.1) is 0 Å². The van der Waals surface area contributed by atoms with Crippen molar-refractivity contribution in [1.82, 2.24) is 0 Å². The number of nitrogens with two attached hydrogens (primary N) is 1. The summed E-state index contributed by atoms with van der Waals surface area (Å²) in [6, 6.07) is 0. The highest BCUT2D eigenvalue weighted by molar-refractivity contribution is 7.47. The highest BCUT2D eigenvalue weighted by Crippen LogP contribution is 2.43. The molecule has 0 aliphatic rings. The van der Waals surface area contributed by atoms with E-state index < -0.39 is 26.5 Å². The normalized spacial score (nSPS) is 13.2. The molecule has 0 aromatic rings. The van der Waals surface area contributed by atoms with Crippen LogP contribution in [0.25, 0.3) is 0 Å². The summed E-state index contributed by atoms with van der Waals surface area (Å²) in [5.74, 6) is -0.809. The zero-order valence-electron chi connectivity index (χ0n) is 48.1. The third-order valence-corrected chi connectivity index (χ3v) is 15.0. The molecule has 0 aliphatic carbocycles. The Bertz CT molecular complexity index is 1290. The molecule has 2 atom stereocenters. The maximum Gasteiger partial charge on any atom is 0.472 e. The van der Waals surface area contributed by atoms with E-state index in [2.05, 4.69) is 50.3 Å². The highest BCUT2D eigenvalue weighted by Gasteiger charge is 2.26. The average Bonchev–Trinajstić information content (AvgIpc) is 3.38. The van der Waals surface area contributed by atoms with Gasteiger partial charge in [0.15, 0.2) is 6.10 Å². The molecule has 0 heterocycles. The number of phosphoric acid groups is 1. The van der Waals surface area contributed by atoms with Crippen molar-refractivity contribution < 1.29 is 37.6 Å². The Labute approximate surface area is 452 Å². The van der Waals surface area contributed by atoms with Crippen molar-refractivity contribution in [2.24, 2.45) is 5.73 Å². The van der Waals surface area contributed by atoms with E-state index >= 15 is 0 Å². The zero-order chi connectivity index (χ0) is 53.1. The van der Waals surface area contributed by atoms with Crippen molar-refractivity contribution >= 4 is 19.8 Å². The number of allylic oxidation sites excluding steroid dienone is 6. The summed E-state index contributed by atoms with van der Waals surface area (Å²) in [7, 11) is -4.38. The first-order chi connectivity index (χ1) is 35.8. The van der Waals surface area contributed by atoms with E-state index in [1.165, 1.54) is 244 Å². The van der Waals surface area contributed by atoms with Gasteiger partial charge in [0.05, 0.1) is 13.2 Å². The number of esters is 2. The van der Waals surface area contributed by atoms with Crippen LogP contribution in [0.1, 0.15) is 322 Å². The average molecular weight is 1050 g/mol. The fraction of sp³-hybridized carbons (Fsp3) is 0.873. The fourth-order valence-corrected chi connectivity index (χ4v) is 10.1. The van der Waals surface area contributed by atoms with Crippen LogP contribution >= 0.6 is 7.82 Å². The van der Waals surface area contributed by atoms with Gasteiger partial charge in [0.2, 0.25) is 0 Å². The van der Waals surface area contributed by atoms with Gasteiger partial charge in [-0.2, -0.15) is 0 Å². The second-order valence-electron chi connectivity index (χ2n) is 21.3. The predicted octanol–water partition coefficient (Wildman–Crippen LogP) is 20.0. The lowest BCUT2D eigenvalue weighted by molar-refractivity contribution is -0.161. The minimum absolute atomic E-state index is 0.0564. The standard InChI is InChI=1S/C63H120NO8P/c1-3-5-7-9-11-13-15-17-19-20-21-22-23-24-25-26-27-28-29-30-31-32-33-34-35-36-37-38-39-40-42-44-46-48-50-52-54-56-63(66)72-61(60-71-73(67,68)70-58-57-64)59-69-62(65)55-53-51-49-47-45-43-41-18-16-14-12-10-8-6-4-2/h15,17,20-21,23-24,61H,3-14,16,18-19,22,25-60,64H2,1-2H3,(H,67,68)/b17-15-,21-20-,24-23-. The van der Waals surface area contributed by atoms with Crippen molar-refractivity contribution in [2.75, 3.05) is 26.4 Å². The van der Waals surface area contributed by atoms with Crippen LogP contribution < -0.4 is 5.73 Å². The van der Waals surface area contributed by atoms with Crippen molar-refractivity contribution in [3.05, 3.63) is 36.5 Å². The summed E-state index contributed by atoms with van der Waals surface area (Å²) in [6.07, 6.45) is 72.3. The van der Waals surface area contributed by atoms with Gasteiger partial charge in [-0.05, 0) is 51.4 Å². The van der Waals surface area contributed by atoms with Gasteiger partial charge in [0.25, 0.3) is 0 Å².